The summed E-state index contributed by atoms with van der Waals surface area (Å²) in [5, 5.41) is 9.58. The van der Waals surface area contributed by atoms with Crippen LogP contribution in [0.2, 0.25) is 4.34 Å². The van der Waals surface area contributed by atoms with Gasteiger partial charge >= 0.3 is 0 Å². The van der Waals surface area contributed by atoms with Gasteiger partial charge in [0.25, 0.3) is 0 Å². The van der Waals surface area contributed by atoms with E-state index in [0.717, 1.165) is 41.7 Å². The molecule has 5 nitrogen and oxygen atoms in total. The SMILES string of the molecule is Br.NS(=O)(=O)c1ccc(CCn2c(-c3ccc(Cl)s3)csc2=Nc2cccc3ccccc23)cc1. The van der Waals surface area contributed by atoms with Gasteiger partial charge in [0.15, 0.2) is 4.80 Å². The first kappa shape index (κ1) is 25.8. The van der Waals surface area contributed by atoms with E-state index < -0.39 is 10.0 Å². The number of hydrogen-bond acceptors (Lipinski definition) is 5. The van der Waals surface area contributed by atoms with Crippen LogP contribution in [0.25, 0.3) is 21.3 Å². The predicted octanol–water partition coefficient (Wildman–Crippen LogP) is 6.79. The minimum Gasteiger partial charge on any atom is -0.315 e. The number of sulfonamides is 1. The molecular weight excluding hydrogens is 586 g/mol. The highest BCUT2D eigenvalue weighted by Crippen LogP contribution is 2.32. The fraction of sp³-hybridized carbons (Fsp3) is 0.0800. The molecule has 0 atom stereocenters. The Labute approximate surface area is 227 Å². The van der Waals surface area contributed by atoms with E-state index in [2.05, 4.69) is 28.1 Å². The van der Waals surface area contributed by atoms with E-state index in [4.69, 9.17) is 21.7 Å². The van der Waals surface area contributed by atoms with Crippen molar-refractivity contribution in [3.05, 3.63) is 98.9 Å². The molecule has 0 saturated heterocycles. The number of aromatic nitrogens is 1. The van der Waals surface area contributed by atoms with Crippen molar-refractivity contribution in [2.24, 2.45) is 10.1 Å². The van der Waals surface area contributed by atoms with Gasteiger partial charge in [0, 0.05) is 17.3 Å². The maximum absolute atomic E-state index is 11.6. The predicted molar refractivity (Wildman–Crippen MR) is 152 cm³/mol. The van der Waals surface area contributed by atoms with Crippen LogP contribution in [0.4, 0.5) is 5.69 Å². The Hall–Kier alpha value is -2.27. The topological polar surface area (TPSA) is 77.5 Å². The molecule has 0 saturated carbocycles. The van der Waals surface area contributed by atoms with Crippen molar-refractivity contribution in [3.8, 4) is 10.6 Å². The van der Waals surface area contributed by atoms with E-state index in [-0.39, 0.29) is 21.9 Å². The van der Waals surface area contributed by atoms with Crippen molar-refractivity contribution < 1.29 is 8.42 Å². The Bertz CT molecular complexity index is 1650. The summed E-state index contributed by atoms with van der Waals surface area (Å²) < 4.78 is 26.0. The summed E-state index contributed by atoms with van der Waals surface area (Å²) in [5.41, 5.74) is 2.99. The Kier molecular flexibility index (Phi) is 7.95. The molecule has 35 heavy (non-hydrogen) atoms. The quantitative estimate of drug-likeness (QED) is 0.231. The average molecular weight is 607 g/mol. The summed E-state index contributed by atoms with van der Waals surface area (Å²) in [7, 11) is -3.71. The number of thiophene rings is 1. The molecule has 0 fully saturated rings. The van der Waals surface area contributed by atoms with Gasteiger partial charge in [-0.1, -0.05) is 60.1 Å². The molecule has 3 aromatic carbocycles. The number of rotatable bonds is 6. The van der Waals surface area contributed by atoms with Gasteiger partial charge < -0.3 is 4.57 Å². The van der Waals surface area contributed by atoms with Crippen LogP contribution in [0.3, 0.4) is 0 Å². The fourth-order valence-corrected chi connectivity index (χ4v) is 6.38. The Morgan fingerprint density at radius 1 is 0.943 bits per heavy atom. The molecule has 10 heteroatoms. The van der Waals surface area contributed by atoms with Crippen LogP contribution in [0.1, 0.15) is 5.56 Å². The van der Waals surface area contributed by atoms with Crippen molar-refractivity contribution >= 4 is 77.7 Å². The number of fused-ring (bicyclic) bond motifs is 1. The molecule has 0 spiro atoms. The van der Waals surface area contributed by atoms with Gasteiger partial charge in [-0.15, -0.1) is 39.7 Å². The van der Waals surface area contributed by atoms with E-state index in [1.807, 2.05) is 36.4 Å². The van der Waals surface area contributed by atoms with Gasteiger partial charge in [-0.05, 0) is 47.7 Å². The summed E-state index contributed by atoms with van der Waals surface area (Å²) >= 11 is 9.34. The van der Waals surface area contributed by atoms with E-state index in [9.17, 15) is 8.42 Å². The molecule has 2 aromatic heterocycles. The molecule has 5 rings (SSSR count). The van der Waals surface area contributed by atoms with Crippen LogP contribution in [0.5, 0.6) is 0 Å². The second-order valence-electron chi connectivity index (χ2n) is 7.71. The minimum atomic E-state index is -3.71. The zero-order chi connectivity index (χ0) is 23.7. The Morgan fingerprint density at radius 2 is 1.69 bits per heavy atom. The summed E-state index contributed by atoms with van der Waals surface area (Å²) in [5.74, 6) is 0. The van der Waals surface area contributed by atoms with Gasteiger partial charge in [0.2, 0.25) is 10.0 Å². The Balaban J connectivity index is 0.00000289. The standard InChI is InChI=1S/C25H20ClN3O2S3.BrH/c26-24-13-12-23(33-24)22-16-32-25(28-21-7-3-5-18-4-1-2-6-20(18)21)29(22)15-14-17-8-10-19(11-9-17)34(27,30)31;/h1-13,16H,14-15H2,(H2,27,30,31);1H. The number of hydrogen-bond donors (Lipinski definition) is 1. The molecule has 2 heterocycles. The third-order valence-corrected chi connectivity index (χ3v) is 8.53. The normalized spacial score (nSPS) is 12.1. The van der Waals surface area contributed by atoms with E-state index >= 15 is 0 Å². The molecule has 180 valence electrons. The number of nitrogens with zero attached hydrogens (tertiary/aromatic N) is 2. The highest BCUT2D eigenvalue weighted by molar-refractivity contribution is 8.93. The zero-order valence-electron chi connectivity index (χ0n) is 18.3. The number of aryl methyl sites for hydroxylation is 1. The fourth-order valence-electron chi connectivity index (χ4n) is 3.78. The average Bonchev–Trinajstić information content (AvgIpc) is 3.43. The first-order chi connectivity index (χ1) is 16.4. The van der Waals surface area contributed by atoms with Gasteiger partial charge in [-0.2, -0.15) is 0 Å². The smallest absolute Gasteiger partial charge is 0.238 e. The number of halogens is 2. The number of primary sulfonamides is 1. The third kappa shape index (κ3) is 5.77. The van der Waals surface area contributed by atoms with Crippen LogP contribution in [-0.4, -0.2) is 13.0 Å². The van der Waals surface area contributed by atoms with Crippen molar-refractivity contribution in [2.75, 3.05) is 0 Å². The summed E-state index contributed by atoms with van der Waals surface area (Å²) in [6.07, 6.45) is 0.705. The molecule has 2 N–H and O–H groups in total. The lowest BCUT2D eigenvalue weighted by atomic mass is 10.1. The van der Waals surface area contributed by atoms with Crippen molar-refractivity contribution in [3.63, 3.8) is 0 Å². The van der Waals surface area contributed by atoms with E-state index in [1.54, 1.807) is 35.6 Å². The van der Waals surface area contributed by atoms with Crippen molar-refractivity contribution in [1.29, 1.82) is 0 Å². The molecule has 5 aromatic rings. The van der Waals surface area contributed by atoms with Gasteiger partial charge in [-0.25, -0.2) is 18.5 Å². The maximum atomic E-state index is 11.6. The summed E-state index contributed by atoms with van der Waals surface area (Å²) in [4.78, 5) is 7.11. The molecule has 0 radical (unpaired) electrons. The maximum Gasteiger partial charge on any atom is 0.238 e. The lowest BCUT2D eigenvalue weighted by Crippen LogP contribution is -2.17. The summed E-state index contributed by atoms with van der Waals surface area (Å²) in [6, 6.07) is 25.0. The minimum absolute atomic E-state index is 0. The monoisotopic (exact) mass is 605 g/mol. The molecule has 0 aliphatic carbocycles. The summed E-state index contributed by atoms with van der Waals surface area (Å²) in [6.45, 7) is 0.673. The van der Waals surface area contributed by atoms with Gasteiger partial charge in [0.05, 0.1) is 25.5 Å². The van der Waals surface area contributed by atoms with Crippen LogP contribution < -0.4 is 9.94 Å². The van der Waals surface area contributed by atoms with Crippen LogP contribution >= 0.6 is 51.3 Å². The molecule has 0 amide bonds. The van der Waals surface area contributed by atoms with Gasteiger partial charge in [0.1, 0.15) is 0 Å². The lowest BCUT2D eigenvalue weighted by molar-refractivity contribution is 0.597. The molecule has 0 bridgehead atoms. The van der Waals surface area contributed by atoms with Gasteiger partial charge in [-0.3, -0.25) is 0 Å². The second-order valence-corrected chi connectivity index (χ2v) is 11.8. The Morgan fingerprint density at radius 3 is 2.40 bits per heavy atom. The van der Waals surface area contributed by atoms with Crippen LogP contribution in [0.15, 0.2) is 94.1 Å². The number of benzene rings is 3. The van der Waals surface area contributed by atoms with E-state index in [0.29, 0.717) is 13.0 Å². The number of nitrogens with two attached hydrogens (primary N) is 1. The largest absolute Gasteiger partial charge is 0.315 e. The first-order valence-electron chi connectivity index (χ1n) is 10.5. The van der Waals surface area contributed by atoms with Crippen LogP contribution in [0, 0.1) is 0 Å². The lowest BCUT2D eigenvalue weighted by Gasteiger charge is -2.09. The zero-order valence-corrected chi connectivity index (χ0v) is 23.2. The molecule has 0 aliphatic rings. The van der Waals surface area contributed by atoms with E-state index in [1.165, 1.54) is 11.3 Å². The highest BCUT2D eigenvalue weighted by Gasteiger charge is 2.12. The third-order valence-electron chi connectivity index (χ3n) is 5.48. The highest BCUT2D eigenvalue weighted by atomic mass is 79.9. The van der Waals surface area contributed by atoms with Crippen molar-refractivity contribution in [1.82, 2.24) is 4.57 Å². The van der Waals surface area contributed by atoms with Crippen molar-refractivity contribution in [2.45, 2.75) is 17.9 Å². The molecule has 0 aliphatic heterocycles. The molecular formula is C25H21BrClN3O2S3. The second kappa shape index (κ2) is 10.8. The first-order valence-corrected chi connectivity index (χ1v) is 14.1. The number of thiazole rings is 1. The van der Waals surface area contributed by atoms with Crippen LogP contribution in [-0.2, 0) is 23.0 Å². The molecule has 0 unspecified atom stereocenters.